The average Bonchev–Trinajstić information content (AvgIpc) is 3.27. The van der Waals surface area contributed by atoms with Gasteiger partial charge in [0, 0.05) is 18.7 Å². The number of nitrogens with zero attached hydrogens (tertiary/aromatic N) is 1. The molecular weight excluding hydrogens is 489 g/mol. The molecule has 2 heterocycles. The summed E-state index contributed by atoms with van der Waals surface area (Å²) in [7, 11) is -2.78. The molecule has 8 nitrogen and oxygen atoms in total. The van der Waals surface area contributed by atoms with Gasteiger partial charge in [-0.15, -0.1) is 0 Å². The maximum absolute atomic E-state index is 13.0. The number of methoxy groups -OCH3 is 1. The second kappa shape index (κ2) is 12.6. The number of Topliss-reactive ketones (excluding diaryl/α,β-unsaturated/α-hetero) is 1. The fourth-order valence-corrected chi connectivity index (χ4v) is 3.84. The number of halogens is 1. The van der Waals surface area contributed by atoms with E-state index in [2.05, 4.69) is 9.72 Å². The van der Waals surface area contributed by atoms with Crippen molar-refractivity contribution in [2.24, 2.45) is 0 Å². The number of carbonyl (C=O) groups excluding carboxylic acids is 2. The largest absolute Gasteiger partial charge is 0.507 e. The lowest BCUT2D eigenvalue weighted by Crippen LogP contribution is -2.16. The second-order valence-electron chi connectivity index (χ2n) is 7.54. The van der Waals surface area contributed by atoms with Gasteiger partial charge in [-0.3, -0.25) is 9.59 Å². The number of esters is 1. The third-order valence-corrected chi connectivity index (χ3v) is 5.63. The molecule has 3 aromatic rings. The predicted molar refractivity (Wildman–Crippen MR) is 132 cm³/mol. The molecule has 0 saturated heterocycles. The zero-order chi connectivity index (χ0) is 28.6. The number of aryl methyl sites for hydroxylation is 1. The van der Waals surface area contributed by atoms with E-state index >= 15 is 0 Å². The minimum atomic E-state index is -2.78. The summed E-state index contributed by atoms with van der Waals surface area (Å²) in [5, 5.41) is 10.6. The van der Waals surface area contributed by atoms with Crippen LogP contribution < -0.4 is 10.4 Å². The Bertz CT molecular complexity index is 1440. The molecule has 36 heavy (non-hydrogen) atoms. The van der Waals surface area contributed by atoms with E-state index in [0.717, 1.165) is 11.3 Å². The topological polar surface area (TPSA) is 116 Å². The van der Waals surface area contributed by atoms with Gasteiger partial charge in [0.05, 0.1) is 22.4 Å². The molecule has 1 aromatic carbocycles. The predicted octanol–water partition coefficient (Wildman–Crippen LogP) is 5.46. The van der Waals surface area contributed by atoms with Crippen LogP contribution in [0.1, 0.15) is 51.3 Å². The molecule has 0 aliphatic heterocycles. The average molecular weight is 517 g/mol. The highest BCUT2D eigenvalue weighted by molar-refractivity contribution is 7.14. The van der Waals surface area contributed by atoms with Gasteiger partial charge in [-0.2, -0.15) is 0 Å². The number of hydrogen-bond donors (Lipinski definition) is 1. The van der Waals surface area contributed by atoms with E-state index in [0.29, 0.717) is 23.5 Å². The van der Waals surface area contributed by atoms with Crippen LogP contribution in [0.4, 0.5) is 4.39 Å². The maximum atomic E-state index is 13.0. The molecule has 188 valence electrons. The van der Waals surface area contributed by atoms with E-state index in [1.807, 2.05) is 0 Å². The lowest BCUT2D eigenvalue weighted by atomic mass is 10.0. The van der Waals surface area contributed by atoms with Gasteiger partial charge in [0.15, 0.2) is 5.78 Å². The first-order chi connectivity index (χ1) is 18.4. The number of aromatic nitrogens is 1. The van der Waals surface area contributed by atoms with E-state index < -0.39 is 41.5 Å². The molecule has 0 saturated carbocycles. The van der Waals surface area contributed by atoms with Crippen molar-refractivity contribution in [3.05, 3.63) is 86.7 Å². The number of thiazole rings is 1. The van der Waals surface area contributed by atoms with Gasteiger partial charge in [-0.1, -0.05) is 23.5 Å². The number of aromatic hydroxyl groups is 1. The number of allylic oxidation sites excluding steroid dienone is 2. The summed E-state index contributed by atoms with van der Waals surface area (Å²) in [5.41, 5.74) is -1.31. The number of carbonyl (C=O) groups is 2. The first-order valence-corrected chi connectivity index (χ1v) is 11.6. The second-order valence-corrected chi connectivity index (χ2v) is 8.57. The molecule has 2 aromatic heterocycles. The van der Waals surface area contributed by atoms with Crippen LogP contribution in [0.3, 0.4) is 0 Å². The van der Waals surface area contributed by atoms with Crippen molar-refractivity contribution in [3.63, 3.8) is 0 Å². The normalized spacial score (nSPS) is 13.2. The standard InChI is InChI=1S/C26H24FNO7S/c1-16(13-20-15-28-26(36-20)35-18-11-9-17(27)10-12-18)24(31)23-21(29)14-19(34-25(23)32)7-5-3-4-6-8-22(30)33-2/h4,6,9-15,29H,3,5,7-8H2,1-2H3/b6-4+,16-13?/i2D3. The molecule has 0 fully saturated rings. The van der Waals surface area contributed by atoms with Gasteiger partial charge in [-0.25, -0.2) is 14.2 Å². The van der Waals surface area contributed by atoms with Crippen LogP contribution in [-0.2, 0) is 16.0 Å². The van der Waals surface area contributed by atoms with Gasteiger partial charge in [0.2, 0.25) is 0 Å². The Morgan fingerprint density at radius 1 is 1.28 bits per heavy atom. The third kappa shape index (κ3) is 7.47. The number of ether oxygens (including phenoxy) is 2. The minimum Gasteiger partial charge on any atom is -0.507 e. The summed E-state index contributed by atoms with van der Waals surface area (Å²) in [6.45, 7) is 1.48. The zero-order valence-electron chi connectivity index (χ0n) is 22.2. The Kier molecular flexibility index (Phi) is 7.84. The molecular formula is C26H24FNO7S. The van der Waals surface area contributed by atoms with Crippen LogP contribution in [-0.4, -0.2) is 28.9 Å². The highest BCUT2D eigenvalue weighted by Gasteiger charge is 2.20. The van der Waals surface area contributed by atoms with Gasteiger partial charge < -0.3 is 19.0 Å². The number of unbranched alkanes of at least 4 members (excludes halogenated alkanes) is 1. The summed E-state index contributed by atoms with van der Waals surface area (Å²) in [5.74, 6) is -1.93. The third-order valence-electron chi connectivity index (χ3n) is 4.81. The van der Waals surface area contributed by atoms with Crippen molar-refractivity contribution in [3.8, 4) is 16.7 Å². The van der Waals surface area contributed by atoms with Crippen molar-refractivity contribution < 1.29 is 37.1 Å². The summed E-state index contributed by atoms with van der Waals surface area (Å²) in [4.78, 5) is 41.3. The molecule has 1 N–H and O–H groups in total. The Morgan fingerprint density at radius 3 is 2.78 bits per heavy atom. The SMILES string of the molecule is [2H]C([2H])([2H])OC(=O)C/C=C/CCCc1cc(O)c(C(=O)C(C)=Cc2cnc(Oc3ccc(F)cc3)s2)c(=O)o1. The molecule has 0 unspecified atom stereocenters. The Hall–Kier alpha value is -4.05. The number of hydrogen-bond acceptors (Lipinski definition) is 9. The van der Waals surface area contributed by atoms with Gasteiger partial charge >= 0.3 is 11.6 Å². The van der Waals surface area contributed by atoms with Crippen LogP contribution in [0.2, 0.25) is 0 Å². The molecule has 0 amide bonds. The van der Waals surface area contributed by atoms with Crippen molar-refractivity contribution >= 4 is 29.2 Å². The molecule has 3 rings (SSSR count). The lowest BCUT2D eigenvalue weighted by molar-refractivity contribution is -0.139. The van der Waals surface area contributed by atoms with Gasteiger partial charge in [0.25, 0.3) is 5.19 Å². The van der Waals surface area contributed by atoms with Crippen LogP contribution in [0.25, 0.3) is 6.08 Å². The first kappa shape index (κ1) is 22.4. The van der Waals surface area contributed by atoms with Crippen molar-refractivity contribution in [1.82, 2.24) is 4.98 Å². The van der Waals surface area contributed by atoms with Gasteiger partial charge in [-0.05, 0) is 55.7 Å². The smallest absolute Gasteiger partial charge is 0.351 e. The summed E-state index contributed by atoms with van der Waals surface area (Å²) >= 11 is 1.13. The molecule has 0 aliphatic rings. The fraction of sp³-hybridized carbons (Fsp3) is 0.231. The van der Waals surface area contributed by atoms with Crippen LogP contribution in [0.15, 0.2) is 63.5 Å². The lowest BCUT2D eigenvalue weighted by Gasteiger charge is -2.05. The molecule has 0 radical (unpaired) electrons. The molecule has 0 spiro atoms. The van der Waals surface area contributed by atoms with E-state index in [4.69, 9.17) is 13.3 Å². The Labute approximate surface area is 214 Å². The van der Waals surface area contributed by atoms with Gasteiger partial charge in [0.1, 0.15) is 28.6 Å². The highest BCUT2D eigenvalue weighted by Crippen LogP contribution is 2.29. The summed E-state index contributed by atoms with van der Waals surface area (Å²) in [6, 6.07) is 6.61. The van der Waals surface area contributed by atoms with Crippen molar-refractivity contribution in [2.75, 3.05) is 7.04 Å². The van der Waals surface area contributed by atoms with E-state index in [1.165, 1.54) is 55.6 Å². The molecule has 0 bridgehead atoms. The highest BCUT2D eigenvalue weighted by atomic mass is 32.1. The molecule has 10 heteroatoms. The Balaban J connectivity index is 1.57. The van der Waals surface area contributed by atoms with E-state index in [9.17, 15) is 23.9 Å². The quantitative estimate of drug-likeness (QED) is 0.117. The van der Waals surface area contributed by atoms with Crippen LogP contribution in [0, 0.1) is 5.82 Å². The minimum absolute atomic E-state index is 0.157. The van der Waals surface area contributed by atoms with Crippen LogP contribution >= 0.6 is 11.3 Å². The fourth-order valence-electron chi connectivity index (χ4n) is 3.06. The first-order valence-electron chi connectivity index (χ1n) is 12.3. The number of rotatable bonds is 11. The monoisotopic (exact) mass is 516 g/mol. The number of benzene rings is 1. The summed E-state index contributed by atoms with van der Waals surface area (Å²) < 4.78 is 48.6. The Morgan fingerprint density at radius 2 is 2.06 bits per heavy atom. The van der Waals surface area contributed by atoms with Crippen molar-refractivity contribution in [2.45, 2.75) is 32.6 Å². The molecule has 0 aliphatic carbocycles. The summed E-state index contributed by atoms with van der Waals surface area (Å²) in [6.07, 6.45) is 7.14. The van der Waals surface area contributed by atoms with Crippen LogP contribution in [0.5, 0.6) is 16.7 Å². The number of ketones is 1. The van der Waals surface area contributed by atoms with E-state index in [1.54, 1.807) is 6.08 Å². The van der Waals surface area contributed by atoms with Crippen molar-refractivity contribution in [1.29, 1.82) is 0 Å². The van der Waals surface area contributed by atoms with E-state index in [-0.39, 0.29) is 29.4 Å². The molecule has 0 atom stereocenters. The zero-order valence-corrected chi connectivity index (χ0v) is 20.0. The maximum Gasteiger partial charge on any atom is 0.351 e.